The predicted molar refractivity (Wildman–Crippen MR) is 75.0 cm³/mol. The van der Waals surface area contributed by atoms with Crippen LogP contribution in [-0.2, 0) is 4.79 Å². The van der Waals surface area contributed by atoms with Gasteiger partial charge in [-0.25, -0.2) is 0 Å². The van der Waals surface area contributed by atoms with Gasteiger partial charge in [0.2, 0.25) is 5.91 Å². The Labute approximate surface area is 110 Å². The number of nitrogens with one attached hydrogen (secondary N) is 1. The van der Waals surface area contributed by atoms with Gasteiger partial charge in [0, 0.05) is 17.7 Å². The molecule has 1 aromatic carbocycles. The molecule has 1 aromatic rings. The summed E-state index contributed by atoms with van der Waals surface area (Å²) in [4.78, 5) is 12.0. The van der Waals surface area contributed by atoms with E-state index >= 15 is 0 Å². The Bertz CT molecular complexity index is 413. The average molecular weight is 249 g/mol. The third-order valence-electron chi connectivity index (χ3n) is 3.17. The molecule has 0 bridgehead atoms. The first-order valence-corrected chi connectivity index (χ1v) is 6.50. The number of anilines is 1. The Balaban J connectivity index is 2.79. The molecule has 1 rings (SSSR count). The highest BCUT2D eigenvalue weighted by molar-refractivity contribution is 5.92. The van der Waals surface area contributed by atoms with Gasteiger partial charge < -0.3 is 10.1 Å². The van der Waals surface area contributed by atoms with Gasteiger partial charge >= 0.3 is 0 Å². The lowest BCUT2D eigenvalue weighted by Gasteiger charge is -2.16. The molecule has 0 heterocycles. The number of benzene rings is 1. The van der Waals surface area contributed by atoms with Gasteiger partial charge in [-0.1, -0.05) is 26.8 Å². The van der Waals surface area contributed by atoms with E-state index in [2.05, 4.69) is 5.32 Å². The van der Waals surface area contributed by atoms with Crippen LogP contribution in [0.15, 0.2) is 18.2 Å². The maximum Gasteiger partial charge on any atom is 0.227 e. The molecule has 1 atom stereocenters. The van der Waals surface area contributed by atoms with Crippen molar-refractivity contribution in [2.45, 2.75) is 34.6 Å². The molecule has 0 aromatic heterocycles. The topological polar surface area (TPSA) is 38.3 Å². The van der Waals surface area contributed by atoms with E-state index in [1.165, 1.54) is 0 Å². The minimum atomic E-state index is 0.00171. The molecule has 3 nitrogen and oxygen atoms in total. The average Bonchev–Trinajstić information content (AvgIpc) is 2.32. The molecule has 1 N–H and O–H groups in total. The lowest BCUT2D eigenvalue weighted by atomic mass is 9.97. The predicted octanol–water partition coefficient (Wildman–Crippen LogP) is 3.62. The van der Waals surface area contributed by atoms with Gasteiger partial charge in [0.05, 0.1) is 6.61 Å². The number of ether oxygens (including phenoxy) is 1. The molecule has 0 saturated carbocycles. The Morgan fingerprint density at radius 1 is 1.33 bits per heavy atom. The number of hydrogen-bond donors (Lipinski definition) is 1. The van der Waals surface area contributed by atoms with E-state index in [0.717, 1.165) is 17.0 Å². The van der Waals surface area contributed by atoms with Crippen molar-refractivity contribution in [3.05, 3.63) is 23.8 Å². The van der Waals surface area contributed by atoms with Crippen LogP contribution in [0.5, 0.6) is 5.75 Å². The second-order valence-corrected chi connectivity index (χ2v) is 4.94. The zero-order valence-corrected chi connectivity index (χ0v) is 11.9. The van der Waals surface area contributed by atoms with Crippen molar-refractivity contribution >= 4 is 11.6 Å². The highest BCUT2D eigenvalue weighted by atomic mass is 16.5. The van der Waals surface area contributed by atoms with E-state index in [1.54, 1.807) is 0 Å². The van der Waals surface area contributed by atoms with Crippen molar-refractivity contribution in [1.82, 2.24) is 0 Å². The summed E-state index contributed by atoms with van der Waals surface area (Å²) in [5.41, 5.74) is 1.87. The van der Waals surface area contributed by atoms with Crippen molar-refractivity contribution in [2.24, 2.45) is 11.8 Å². The van der Waals surface area contributed by atoms with Crippen molar-refractivity contribution in [3.8, 4) is 5.75 Å². The van der Waals surface area contributed by atoms with E-state index < -0.39 is 0 Å². The highest BCUT2D eigenvalue weighted by Gasteiger charge is 2.16. The molecule has 0 aliphatic heterocycles. The first kappa shape index (κ1) is 14.6. The van der Waals surface area contributed by atoms with Gasteiger partial charge in [-0.2, -0.15) is 0 Å². The first-order valence-electron chi connectivity index (χ1n) is 6.50. The fourth-order valence-electron chi connectivity index (χ4n) is 1.55. The Morgan fingerprint density at radius 2 is 2.00 bits per heavy atom. The number of carbonyl (C=O) groups excluding carboxylic acids is 1. The molecule has 0 unspecified atom stereocenters. The quantitative estimate of drug-likeness (QED) is 0.865. The summed E-state index contributed by atoms with van der Waals surface area (Å²) < 4.78 is 5.52. The van der Waals surface area contributed by atoms with Gasteiger partial charge in [-0.15, -0.1) is 0 Å². The molecule has 0 spiro atoms. The molecule has 18 heavy (non-hydrogen) atoms. The summed E-state index contributed by atoms with van der Waals surface area (Å²) >= 11 is 0. The summed E-state index contributed by atoms with van der Waals surface area (Å²) in [7, 11) is 0. The monoisotopic (exact) mass is 249 g/mol. The van der Waals surface area contributed by atoms with E-state index in [1.807, 2.05) is 52.8 Å². The van der Waals surface area contributed by atoms with Crippen molar-refractivity contribution in [3.63, 3.8) is 0 Å². The smallest absolute Gasteiger partial charge is 0.227 e. The van der Waals surface area contributed by atoms with Crippen LogP contribution in [0.2, 0.25) is 0 Å². The maximum absolute atomic E-state index is 12.0. The molecular weight excluding hydrogens is 226 g/mol. The van der Waals surface area contributed by atoms with Crippen LogP contribution in [0.3, 0.4) is 0 Å². The van der Waals surface area contributed by atoms with Gasteiger partial charge in [0.15, 0.2) is 0 Å². The van der Waals surface area contributed by atoms with Crippen molar-refractivity contribution in [1.29, 1.82) is 0 Å². The third kappa shape index (κ3) is 3.76. The van der Waals surface area contributed by atoms with Crippen LogP contribution >= 0.6 is 0 Å². The maximum atomic E-state index is 12.0. The van der Waals surface area contributed by atoms with E-state index in [4.69, 9.17) is 4.74 Å². The van der Waals surface area contributed by atoms with Gasteiger partial charge in [0.1, 0.15) is 5.75 Å². The molecule has 0 fully saturated rings. The summed E-state index contributed by atoms with van der Waals surface area (Å²) in [6.07, 6.45) is 0. The van der Waals surface area contributed by atoms with Crippen LogP contribution in [0.25, 0.3) is 0 Å². The normalized spacial score (nSPS) is 12.3. The van der Waals surface area contributed by atoms with Gasteiger partial charge in [0.25, 0.3) is 0 Å². The zero-order chi connectivity index (χ0) is 13.7. The number of amides is 1. The fraction of sp³-hybridized carbons (Fsp3) is 0.533. The fourth-order valence-corrected chi connectivity index (χ4v) is 1.55. The third-order valence-corrected chi connectivity index (χ3v) is 3.17. The van der Waals surface area contributed by atoms with Crippen LogP contribution in [-0.4, -0.2) is 12.5 Å². The second kappa shape index (κ2) is 6.43. The molecule has 0 radical (unpaired) electrons. The minimum absolute atomic E-state index is 0.00171. The van der Waals surface area contributed by atoms with Crippen molar-refractivity contribution in [2.75, 3.05) is 11.9 Å². The Kier molecular flexibility index (Phi) is 5.20. The van der Waals surface area contributed by atoms with E-state index in [0.29, 0.717) is 12.5 Å². The number of hydrogen-bond acceptors (Lipinski definition) is 2. The summed E-state index contributed by atoms with van der Waals surface area (Å²) in [5.74, 6) is 1.22. The molecular formula is C15H23NO2. The second-order valence-electron chi connectivity index (χ2n) is 4.94. The van der Waals surface area contributed by atoms with Crippen molar-refractivity contribution < 1.29 is 9.53 Å². The number of aryl methyl sites for hydroxylation is 1. The summed E-state index contributed by atoms with van der Waals surface area (Å²) in [6, 6.07) is 5.74. The molecule has 0 aliphatic carbocycles. The first-order chi connectivity index (χ1) is 8.45. The van der Waals surface area contributed by atoms with Gasteiger partial charge in [-0.3, -0.25) is 4.79 Å². The van der Waals surface area contributed by atoms with Crippen LogP contribution in [0.4, 0.5) is 5.69 Å². The summed E-state index contributed by atoms with van der Waals surface area (Å²) in [6.45, 7) is 10.6. The zero-order valence-electron chi connectivity index (χ0n) is 11.9. The molecule has 3 heteroatoms. The Hall–Kier alpha value is -1.51. The van der Waals surface area contributed by atoms with Crippen LogP contribution in [0, 0.1) is 18.8 Å². The molecule has 1 amide bonds. The van der Waals surface area contributed by atoms with Gasteiger partial charge in [-0.05, 0) is 31.4 Å². The molecule has 100 valence electrons. The van der Waals surface area contributed by atoms with Crippen LogP contribution < -0.4 is 10.1 Å². The SMILES string of the molecule is CCOc1cc(NC(=O)[C@@H](C)C(C)C)ccc1C. The van der Waals surface area contributed by atoms with E-state index in [9.17, 15) is 4.79 Å². The largest absolute Gasteiger partial charge is 0.494 e. The summed E-state index contributed by atoms with van der Waals surface area (Å²) in [5, 5.41) is 2.93. The lowest BCUT2D eigenvalue weighted by Crippen LogP contribution is -2.24. The minimum Gasteiger partial charge on any atom is -0.494 e. The standard InChI is InChI=1S/C15H23NO2/c1-6-18-14-9-13(8-7-11(14)4)16-15(17)12(5)10(2)3/h7-10,12H,6H2,1-5H3,(H,16,17)/t12-/m0/s1. The number of carbonyl (C=O) groups is 1. The highest BCUT2D eigenvalue weighted by Crippen LogP contribution is 2.23. The molecule has 0 aliphatic rings. The molecule has 0 saturated heterocycles. The van der Waals surface area contributed by atoms with Crippen LogP contribution in [0.1, 0.15) is 33.3 Å². The lowest BCUT2D eigenvalue weighted by molar-refractivity contribution is -0.120. The van der Waals surface area contributed by atoms with E-state index in [-0.39, 0.29) is 11.8 Å². The Morgan fingerprint density at radius 3 is 2.56 bits per heavy atom. The number of rotatable bonds is 5.